The van der Waals surface area contributed by atoms with Crippen molar-refractivity contribution in [3.8, 4) is 0 Å². The van der Waals surface area contributed by atoms with Crippen molar-refractivity contribution in [1.29, 1.82) is 0 Å². The maximum absolute atomic E-state index is 5.83. The Morgan fingerprint density at radius 2 is 1.95 bits per heavy atom. The summed E-state index contributed by atoms with van der Waals surface area (Å²) in [6.07, 6.45) is 1.25. The summed E-state index contributed by atoms with van der Waals surface area (Å²) in [6, 6.07) is 17.1. The van der Waals surface area contributed by atoms with Gasteiger partial charge in [-0.05, 0) is 58.1 Å². The van der Waals surface area contributed by atoms with Crippen LogP contribution in [0.5, 0.6) is 0 Å². The summed E-state index contributed by atoms with van der Waals surface area (Å²) in [5.41, 5.74) is 9.42. The largest absolute Gasteiger partial charge is 0.398 e. The quantitative estimate of drug-likeness (QED) is 0.861. The van der Waals surface area contributed by atoms with Gasteiger partial charge in [-0.3, -0.25) is 4.90 Å². The monoisotopic (exact) mass is 330 g/mol. The lowest BCUT2D eigenvalue weighted by molar-refractivity contribution is 0.327. The van der Waals surface area contributed by atoms with E-state index in [1.807, 2.05) is 6.07 Å². The van der Waals surface area contributed by atoms with Crippen LogP contribution >= 0.6 is 15.9 Å². The van der Waals surface area contributed by atoms with Gasteiger partial charge in [0.25, 0.3) is 0 Å². The number of hydrogen-bond donors (Lipinski definition) is 1. The van der Waals surface area contributed by atoms with Crippen molar-refractivity contribution < 1.29 is 0 Å². The van der Waals surface area contributed by atoms with Crippen LogP contribution in [0.15, 0.2) is 53.0 Å². The molecule has 1 aliphatic rings. The summed E-state index contributed by atoms with van der Waals surface area (Å²) in [7, 11) is 0. The molecule has 0 aliphatic carbocycles. The fourth-order valence-corrected chi connectivity index (χ4v) is 3.33. The molecule has 1 unspecified atom stereocenters. The molecule has 20 heavy (non-hydrogen) atoms. The molecule has 2 nitrogen and oxygen atoms in total. The van der Waals surface area contributed by atoms with E-state index in [-0.39, 0.29) is 0 Å². The normalized spacial score (nSPS) is 19.4. The van der Waals surface area contributed by atoms with Crippen LogP contribution in [0.4, 0.5) is 5.69 Å². The molecule has 3 heteroatoms. The van der Waals surface area contributed by atoms with E-state index in [0.717, 1.165) is 23.2 Å². The van der Waals surface area contributed by atoms with Gasteiger partial charge in [0.1, 0.15) is 0 Å². The molecule has 0 bridgehead atoms. The van der Waals surface area contributed by atoms with Gasteiger partial charge < -0.3 is 5.73 Å². The van der Waals surface area contributed by atoms with Crippen molar-refractivity contribution in [2.75, 3.05) is 18.8 Å². The standard InChI is InChI=1S/C17H19BrN2/c18-16-10-13(6-7-17(16)19)11-20-9-8-15(12-20)14-4-2-1-3-5-14/h1-7,10,15H,8-9,11-12,19H2. The molecule has 0 saturated carbocycles. The first-order valence-electron chi connectivity index (χ1n) is 7.03. The molecule has 104 valence electrons. The van der Waals surface area contributed by atoms with E-state index in [4.69, 9.17) is 5.73 Å². The Balaban J connectivity index is 1.64. The number of hydrogen-bond acceptors (Lipinski definition) is 2. The molecular weight excluding hydrogens is 312 g/mol. The van der Waals surface area contributed by atoms with Gasteiger partial charge in [0, 0.05) is 23.2 Å². The van der Waals surface area contributed by atoms with Crippen LogP contribution in [0, 0.1) is 0 Å². The molecule has 1 fully saturated rings. The summed E-state index contributed by atoms with van der Waals surface area (Å²) in [6.45, 7) is 3.32. The van der Waals surface area contributed by atoms with Crippen molar-refractivity contribution in [2.24, 2.45) is 0 Å². The minimum atomic E-state index is 0.674. The predicted molar refractivity (Wildman–Crippen MR) is 87.6 cm³/mol. The molecule has 1 aliphatic heterocycles. The van der Waals surface area contributed by atoms with Crippen molar-refractivity contribution in [3.05, 3.63) is 64.1 Å². The molecule has 1 atom stereocenters. The van der Waals surface area contributed by atoms with Gasteiger partial charge >= 0.3 is 0 Å². The zero-order valence-corrected chi connectivity index (χ0v) is 13.0. The lowest BCUT2D eigenvalue weighted by atomic mass is 9.99. The first-order chi connectivity index (χ1) is 9.72. The minimum absolute atomic E-state index is 0.674. The molecule has 2 aromatic rings. The van der Waals surface area contributed by atoms with E-state index in [2.05, 4.69) is 63.3 Å². The highest BCUT2D eigenvalue weighted by Crippen LogP contribution is 2.29. The molecular formula is C17H19BrN2. The highest BCUT2D eigenvalue weighted by molar-refractivity contribution is 9.10. The van der Waals surface area contributed by atoms with Gasteiger partial charge in [0.2, 0.25) is 0 Å². The van der Waals surface area contributed by atoms with E-state index < -0.39 is 0 Å². The van der Waals surface area contributed by atoms with Crippen molar-refractivity contribution in [1.82, 2.24) is 4.90 Å². The van der Waals surface area contributed by atoms with Gasteiger partial charge in [0.05, 0.1) is 0 Å². The lowest BCUT2D eigenvalue weighted by Crippen LogP contribution is -2.19. The SMILES string of the molecule is Nc1ccc(CN2CCC(c3ccccc3)C2)cc1Br. The number of nitrogens with two attached hydrogens (primary N) is 1. The fraction of sp³-hybridized carbons (Fsp3) is 0.294. The summed E-state index contributed by atoms with van der Waals surface area (Å²) in [4.78, 5) is 2.52. The average molecular weight is 331 g/mol. The van der Waals surface area contributed by atoms with E-state index in [1.165, 1.54) is 24.1 Å². The molecule has 0 aromatic heterocycles. The zero-order valence-electron chi connectivity index (χ0n) is 11.4. The predicted octanol–water partition coefficient (Wildman–Crippen LogP) is 4.02. The van der Waals surface area contributed by atoms with Crippen LogP contribution in [-0.4, -0.2) is 18.0 Å². The van der Waals surface area contributed by atoms with E-state index in [0.29, 0.717) is 5.92 Å². The van der Waals surface area contributed by atoms with Crippen LogP contribution in [0.3, 0.4) is 0 Å². The van der Waals surface area contributed by atoms with Gasteiger partial charge in [-0.15, -0.1) is 0 Å². The smallest absolute Gasteiger partial charge is 0.0458 e. The Morgan fingerprint density at radius 1 is 1.15 bits per heavy atom. The molecule has 1 saturated heterocycles. The highest BCUT2D eigenvalue weighted by Gasteiger charge is 2.23. The Morgan fingerprint density at radius 3 is 2.70 bits per heavy atom. The Hall–Kier alpha value is -1.32. The van der Waals surface area contributed by atoms with Crippen molar-refractivity contribution in [2.45, 2.75) is 18.9 Å². The number of halogens is 1. The maximum atomic E-state index is 5.83. The second-order valence-corrected chi connectivity index (χ2v) is 6.34. The number of likely N-dealkylation sites (tertiary alicyclic amines) is 1. The zero-order chi connectivity index (χ0) is 13.9. The van der Waals surface area contributed by atoms with Crippen LogP contribution in [-0.2, 0) is 6.54 Å². The van der Waals surface area contributed by atoms with Crippen LogP contribution in [0.1, 0.15) is 23.5 Å². The van der Waals surface area contributed by atoms with Crippen molar-refractivity contribution >= 4 is 21.6 Å². The lowest BCUT2D eigenvalue weighted by Gasteiger charge is -2.16. The molecule has 0 amide bonds. The first-order valence-corrected chi connectivity index (χ1v) is 7.83. The summed E-state index contributed by atoms with van der Waals surface area (Å²) >= 11 is 3.50. The van der Waals surface area contributed by atoms with Gasteiger partial charge in [-0.25, -0.2) is 0 Å². The molecule has 0 radical (unpaired) electrons. The number of nitrogens with zero attached hydrogens (tertiary/aromatic N) is 1. The summed E-state index contributed by atoms with van der Waals surface area (Å²) in [5, 5.41) is 0. The third-order valence-corrected chi connectivity index (χ3v) is 4.70. The number of benzene rings is 2. The molecule has 2 aromatic carbocycles. The fourth-order valence-electron chi connectivity index (χ4n) is 2.90. The van der Waals surface area contributed by atoms with Crippen LogP contribution in [0.2, 0.25) is 0 Å². The Kier molecular flexibility index (Phi) is 4.08. The van der Waals surface area contributed by atoms with Gasteiger partial charge in [-0.2, -0.15) is 0 Å². The molecule has 3 rings (SSSR count). The molecule has 1 heterocycles. The second-order valence-electron chi connectivity index (χ2n) is 5.49. The Labute approximate surface area is 128 Å². The molecule has 0 spiro atoms. The van der Waals surface area contributed by atoms with Crippen LogP contribution < -0.4 is 5.73 Å². The minimum Gasteiger partial charge on any atom is -0.398 e. The number of rotatable bonds is 3. The second kappa shape index (κ2) is 5.98. The number of anilines is 1. The van der Waals surface area contributed by atoms with E-state index in [9.17, 15) is 0 Å². The van der Waals surface area contributed by atoms with Crippen LogP contribution in [0.25, 0.3) is 0 Å². The van der Waals surface area contributed by atoms with Gasteiger partial charge in [0.15, 0.2) is 0 Å². The Bertz CT molecular complexity index is 583. The number of nitrogen functional groups attached to an aromatic ring is 1. The maximum Gasteiger partial charge on any atom is 0.0458 e. The molecule has 2 N–H and O–H groups in total. The first kappa shape index (κ1) is 13.7. The van der Waals surface area contributed by atoms with E-state index in [1.54, 1.807) is 0 Å². The summed E-state index contributed by atoms with van der Waals surface area (Å²) in [5.74, 6) is 0.674. The topological polar surface area (TPSA) is 29.3 Å². The van der Waals surface area contributed by atoms with Gasteiger partial charge in [-0.1, -0.05) is 36.4 Å². The highest BCUT2D eigenvalue weighted by atomic mass is 79.9. The van der Waals surface area contributed by atoms with E-state index >= 15 is 0 Å². The third kappa shape index (κ3) is 3.05. The summed E-state index contributed by atoms with van der Waals surface area (Å²) < 4.78 is 0.994. The van der Waals surface area contributed by atoms with Crippen molar-refractivity contribution in [3.63, 3.8) is 0 Å². The third-order valence-electron chi connectivity index (χ3n) is 4.01. The average Bonchev–Trinajstić information content (AvgIpc) is 2.92.